The van der Waals surface area contributed by atoms with Crippen LogP contribution < -0.4 is 9.47 Å². The van der Waals surface area contributed by atoms with Gasteiger partial charge in [-0.3, -0.25) is 0 Å². The van der Waals surface area contributed by atoms with E-state index in [2.05, 4.69) is 16.0 Å². The van der Waals surface area contributed by atoms with Gasteiger partial charge in [-0.2, -0.15) is 5.26 Å². The van der Waals surface area contributed by atoms with Crippen LogP contribution >= 0.6 is 0 Å². The molecule has 0 unspecified atom stereocenters. The molecule has 0 bridgehead atoms. The van der Waals surface area contributed by atoms with Crippen LogP contribution in [0.2, 0.25) is 0 Å². The molecule has 1 aromatic carbocycles. The number of rotatable bonds is 2. The molecule has 0 amide bonds. The summed E-state index contributed by atoms with van der Waals surface area (Å²) in [5.41, 5.74) is 3.07. The van der Waals surface area contributed by atoms with Gasteiger partial charge in [0.15, 0.2) is 11.5 Å². The largest absolute Gasteiger partial charge is 0.486 e. The molecule has 3 heterocycles. The summed E-state index contributed by atoms with van der Waals surface area (Å²) in [6.45, 7) is 1.10. The fraction of sp³-hybridized carbons (Fsp3) is 0.111. The fourth-order valence-electron chi connectivity index (χ4n) is 2.67. The number of fused-ring (bicyclic) bond motifs is 2. The molecule has 0 saturated carbocycles. The zero-order chi connectivity index (χ0) is 15.6. The Kier molecular flexibility index (Phi) is 3.21. The summed E-state index contributed by atoms with van der Waals surface area (Å²) < 4.78 is 11.1. The number of nitriles is 1. The maximum absolute atomic E-state index is 9.55. The number of H-pyrrole nitrogens is 1. The molecule has 23 heavy (non-hydrogen) atoms. The molecule has 5 nitrogen and oxygen atoms in total. The molecule has 2 aromatic heterocycles. The molecular formula is C18H13N3O2. The number of hydrogen-bond donors (Lipinski definition) is 1. The molecule has 0 radical (unpaired) electrons. The highest BCUT2D eigenvalue weighted by molar-refractivity contribution is 6.00. The average Bonchev–Trinajstić information content (AvgIpc) is 3.03. The highest BCUT2D eigenvalue weighted by atomic mass is 16.6. The minimum absolute atomic E-state index is 0.541. The topological polar surface area (TPSA) is 70.9 Å². The van der Waals surface area contributed by atoms with Crippen molar-refractivity contribution in [2.24, 2.45) is 0 Å². The van der Waals surface area contributed by atoms with Crippen molar-refractivity contribution in [1.29, 1.82) is 5.26 Å². The van der Waals surface area contributed by atoms with Gasteiger partial charge in [0.05, 0.1) is 11.6 Å². The maximum atomic E-state index is 9.55. The van der Waals surface area contributed by atoms with Crippen molar-refractivity contribution >= 4 is 22.7 Å². The zero-order valence-electron chi connectivity index (χ0n) is 12.2. The lowest BCUT2D eigenvalue weighted by Crippen LogP contribution is -2.15. The highest BCUT2D eigenvalue weighted by Crippen LogP contribution is 2.32. The minimum Gasteiger partial charge on any atom is -0.486 e. The van der Waals surface area contributed by atoms with Crippen molar-refractivity contribution < 1.29 is 9.47 Å². The van der Waals surface area contributed by atoms with Crippen molar-refractivity contribution in [3.8, 4) is 17.6 Å². The molecule has 1 N–H and O–H groups in total. The van der Waals surface area contributed by atoms with E-state index in [4.69, 9.17) is 9.47 Å². The van der Waals surface area contributed by atoms with Crippen LogP contribution in [0.25, 0.3) is 22.7 Å². The van der Waals surface area contributed by atoms with Crippen molar-refractivity contribution in [2.45, 2.75) is 0 Å². The lowest BCUT2D eigenvalue weighted by Gasteiger charge is -2.18. The number of ether oxygens (including phenoxy) is 2. The molecule has 1 aliphatic heterocycles. The van der Waals surface area contributed by atoms with E-state index in [-0.39, 0.29) is 0 Å². The van der Waals surface area contributed by atoms with E-state index in [1.54, 1.807) is 6.20 Å². The molecular weight excluding hydrogens is 290 g/mol. The molecule has 4 rings (SSSR count). The van der Waals surface area contributed by atoms with Crippen LogP contribution in [0.1, 0.15) is 11.1 Å². The number of benzene rings is 1. The molecule has 0 fully saturated rings. The second-order valence-electron chi connectivity index (χ2n) is 5.17. The summed E-state index contributed by atoms with van der Waals surface area (Å²) >= 11 is 0. The predicted octanol–water partition coefficient (Wildman–Crippen LogP) is 3.40. The fourth-order valence-corrected chi connectivity index (χ4v) is 2.67. The summed E-state index contributed by atoms with van der Waals surface area (Å²) in [6.07, 6.45) is 5.37. The summed E-state index contributed by atoms with van der Waals surface area (Å²) in [7, 11) is 0. The lowest BCUT2D eigenvalue weighted by atomic mass is 10.0. The average molecular weight is 303 g/mol. The van der Waals surface area contributed by atoms with E-state index in [9.17, 15) is 5.26 Å². The number of aromatic amines is 1. The minimum atomic E-state index is 0.541. The number of allylic oxidation sites excluding steroid dienone is 1. The van der Waals surface area contributed by atoms with Crippen LogP contribution in [-0.2, 0) is 0 Å². The first-order valence-electron chi connectivity index (χ1n) is 7.29. The van der Waals surface area contributed by atoms with Crippen LogP contribution in [0.4, 0.5) is 0 Å². The van der Waals surface area contributed by atoms with Crippen LogP contribution in [0, 0.1) is 11.3 Å². The number of nitrogens with zero attached hydrogens (tertiary/aromatic N) is 2. The SMILES string of the molecule is N#CC(=Cc1ccc2c(c1)OCCO2)c1c[nH]c2ncccc12. The molecule has 5 heteroatoms. The normalized spacial score (nSPS) is 13.8. The number of hydrogen-bond acceptors (Lipinski definition) is 4. The van der Waals surface area contributed by atoms with Crippen molar-refractivity contribution in [3.63, 3.8) is 0 Å². The van der Waals surface area contributed by atoms with Gasteiger partial charge in [-0.05, 0) is 35.9 Å². The van der Waals surface area contributed by atoms with Gasteiger partial charge in [-0.1, -0.05) is 6.07 Å². The molecule has 3 aromatic rings. The third-order valence-corrected chi connectivity index (χ3v) is 3.74. The van der Waals surface area contributed by atoms with E-state index in [0.29, 0.717) is 24.5 Å². The number of aromatic nitrogens is 2. The maximum Gasteiger partial charge on any atom is 0.161 e. The first-order chi connectivity index (χ1) is 11.3. The Morgan fingerprint density at radius 2 is 2.09 bits per heavy atom. The Balaban J connectivity index is 1.78. The molecule has 0 aliphatic carbocycles. The van der Waals surface area contributed by atoms with E-state index in [1.807, 2.05) is 42.6 Å². The Hall–Kier alpha value is -3.26. The van der Waals surface area contributed by atoms with Gasteiger partial charge < -0.3 is 14.5 Å². The van der Waals surface area contributed by atoms with Gasteiger partial charge in [0.1, 0.15) is 18.9 Å². The van der Waals surface area contributed by atoms with Gasteiger partial charge in [0.2, 0.25) is 0 Å². The smallest absolute Gasteiger partial charge is 0.161 e. The van der Waals surface area contributed by atoms with E-state index in [0.717, 1.165) is 27.9 Å². The first-order valence-corrected chi connectivity index (χ1v) is 7.29. The lowest BCUT2D eigenvalue weighted by molar-refractivity contribution is 0.171. The third-order valence-electron chi connectivity index (χ3n) is 3.74. The molecule has 0 atom stereocenters. The van der Waals surface area contributed by atoms with Gasteiger partial charge in [0, 0.05) is 23.3 Å². The number of nitrogens with one attached hydrogen (secondary N) is 1. The molecule has 112 valence electrons. The van der Waals surface area contributed by atoms with Crippen LogP contribution in [0.3, 0.4) is 0 Å². The molecule has 0 saturated heterocycles. The Morgan fingerprint density at radius 3 is 2.96 bits per heavy atom. The van der Waals surface area contributed by atoms with Crippen LogP contribution in [0.5, 0.6) is 11.5 Å². The van der Waals surface area contributed by atoms with E-state index >= 15 is 0 Å². The second-order valence-corrected chi connectivity index (χ2v) is 5.17. The summed E-state index contributed by atoms with van der Waals surface area (Å²) in [5, 5.41) is 10.5. The monoisotopic (exact) mass is 303 g/mol. The quantitative estimate of drug-likeness (QED) is 0.737. The molecule has 0 spiro atoms. The van der Waals surface area contributed by atoms with Crippen molar-refractivity contribution in [2.75, 3.05) is 13.2 Å². The summed E-state index contributed by atoms with van der Waals surface area (Å²) in [4.78, 5) is 7.35. The first kappa shape index (κ1) is 13.4. The van der Waals surface area contributed by atoms with Gasteiger partial charge in [0.25, 0.3) is 0 Å². The van der Waals surface area contributed by atoms with Crippen molar-refractivity contribution in [1.82, 2.24) is 9.97 Å². The van der Waals surface area contributed by atoms with Crippen LogP contribution in [0.15, 0.2) is 42.7 Å². The van der Waals surface area contributed by atoms with Gasteiger partial charge in [-0.15, -0.1) is 0 Å². The van der Waals surface area contributed by atoms with Crippen LogP contribution in [-0.4, -0.2) is 23.2 Å². The molecule has 1 aliphatic rings. The third kappa shape index (κ3) is 2.40. The summed E-state index contributed by atoms with van der Waals surface area (Å²) in [6, 6.07) is 11.7. The second kappa shape index (κ2) is 5.50. The van der Waals surface area contributed by atoms with Gasteiger partial charge in [-0.25, -0.2) is 4.98 Å². The van der Waals surface area contributed by atoms with Gasteiger partial charge >= 0.3 is 0 Å². The van der Waals surface area contributed by atoms with E-state index in [1.165, 1.54) is 0 Å². The zero-order valence-corrected chi connectivity index (χ0v) is 12.2. The highest BCUT2D eigenvalue weighted by Gasteiger charge is 2.13. The predicted molar refractivity (Wildman–Crippen MR) is 87.0 cm³/mol. The Labute approximate surface area is 132 Å². The Bertz CT molecular complexity index is 950. The number of pyridine rings is 1. The Morgan fingerprint density at radius 1 is 1.22 bits per heavy atom. The van der Waals surface area contributed by atoms with Crippen molar-refractivity contribution in [3.05, 3.63) is 53.9 Å². The van der Waals surface area contributed by atoms with E-state index < -0.39 is 0 Å². The standard InChI is InChI=1S/C18H13N3O2/c19-10-13(15-11-21-18-14(15)2-1-5-20-18)8-12-3-4-16-17(9-12)23-7-6-22-16/h1-5,8-9,11H,6-7H2,(H,20,21). The summed E-state index contributed by atoms with van der Waals surface area (Å²) in [5.74, 6) is 1.45.